The van der Waals surface area contributed by atoms with Gasteiger partial charge in [0.1, 0.15) is 11.6 Å². The van der Waals surface area contributed by atoms with Crippen LogP contribution in [0, 0.1) is 12.8 Å². The van der Waals surface area contributed by atoms with Crippen LogP contribution in [0.3, 0.4) is 0 Å². The van der Waals surface area contributed by atoms with E-state index in [9.17, 15) is 33.6 Å². The Balaban J connectivity index is 0.000000242. The monoisotopic (exact) mass is 1220 g/mol. The lowest BCUT2D eigenvalue weighted by Gasteiger charge is -2.45. The van der Waals surface area contributed by atoms with Crippen LogP contribution in [0.1, 0.15) is 199 Å². The van der Waals surface area contributed by atoms with Gasteiger partial charge in [0.15, 0.2) is 0 Å². The molecule has 18 heteroatoms. The van der Waals surface area contributed by atoms with Crippen molar-refractivity contribution in [3.05, 3.63) is 70.2 Å². The summed E-state index contributed by atoms with van der Waals surface area (Å²) in [6.45, 7) is 16.5. The Morgan fingerprint density at radius 3 is 1.51 bits per heavy atom. The summed E-state index contributed by atoms with van der Waals surface area (Å²) in [4.78, 5) is 95.1. The van der Waals surface area contributed by atoms with Crippen LogP contribution < -0.4 is 16.0 Å². The lowest BCUT2D eigenvalue weighted by molar-refractivity contribution is -0.158. The molecule has 5 fully saturated rings. The highest BCUT2D eigenvalue weighted by Gasteiger charge is 2.39. The van der Waals surface area contributed by atoms with Crippen LogP contribution in [0.5, 0.6) is 0 Å². The van der Waals surface area contributed by atoms with Crippen molar-refractivity contribution in [3.63, 3.8) is 0 Å². The minimum absolute atomic E-state index is 0.0128. The second-order valence-corrected chi connectivity index (χ2v) is 27.5. The maximum absolute atomic E-state index is 12.5. The van der Waals surface area contributed by atoms with Crippen molar-refractivity contribution in [3.8, 4) is 0 Å². The summed E-state index contributed by atoms with van der Waals surface area (Å²) >= 11 is 6.04. The van der Waals surface area contributed by atoms with Crippen molar-refractivity contribution in [2.75, 3.05) is 67.5 Å². The SMILES string of the molecule is CC1CCN(C(=O)CCC(=O)NC2CCC(Cc3ccc(Cl)cc3)(N(C)C)CC2)CC1.Cc1ccc(CC2(N(C)C)CCC(NC(=O)CCC(=O)NC(C)C(=O)OC(C)(C)C)CC2)cc1.O=C(O)CCCC(=O)N1CCN(C2CCCCCC2)CC1. The van der Waals surface area contributed by atoms with Gasteiger partial charge in [-0.25, -0.2) is 4.79 Å². The highest BCUT2D eigenvalue weighted by Crippen LogP contribution is 2.37. The number of ether oxygens (including phenoxy) is 1. The molecule has 3 aliphatic carbocycles. The Labute approximate surface area is 521 Å². The number of benzene rings is 2. The van der Waals surface area contributed by atoms with Crippen LogP contribution in [0.15, 0.2) is 48.5 Å². The molecule has 2 heterocycles. The third-order valence-corrected chi connectivity index (χ3v) is 19.0. The molecule has 0 bridgehead atoms. The summed E-state index contributed by atoms with van der Waals surface area (Å²) in [5, 5.41) is 18.3. The number of nitrogens with one attached hydrogen (secondary N) is 3. The standard InChI is InChI=1S/C27H43N3O4.C25H38ClN3O2.C16H28N2O3/c1-19-8-10-21(11-9-19)18-27(30(6)7)16-14-22(15-17-27)29-24(32)13-12-23(31)28-20(2)25(33)34-26(3,4)5;1-19-12-16-29(17-13-19)24(31)9-8-23(30)27-22-10-14-25(15-11-22,28(2)3)18-20-4-6-21(26)7-5-20;19-15(8-5-9-16(20)21)18-12-10-17(11-13-18)14-6-3-1-2-4-7-14/h8-11,20,22H,12-18H2,1-7H3,(H,28,31)(H,29,32);4-7,19,22H,8-18H2,1-3H3,(H,27,30);14H,1-13H2,(H,20,21). The Morgan fingerprint density at radius 1 is 0.605 bits per heavy atom. The van der Waals surface area contributed by atoms with Gasteiger partial charge in [-0.3, -0.25) is 33.7 Å². The molecule has 0 aromatic heterocycles. The lowest BCUT2D eigenvalue weighted by atomic mass is 9.74. The molecule has 1 unspecified atom stereocenters. The highest BCUT2D eigenvalue weighted by molar-refractivity contribution is 6.30. The fourth-order valence-corrected chi connectivity index (χ4v) is 13.1. The van der Waals surface area contributed by atoms with Crippen LogP contribution in [0.25, 0.3) is 0 Å². The van der Waals surface area contributed by atoms with Crippen molar-refractivity contribution >= 4 is 53.1 Å². The number of piperidine rings is 1. The van der Waals surface area contributed by atoms with Crippen molar-refractivity contribution < 1.29 is 43.4 Å². The molecule has 482 valence electrons. The van der Waals surface area contributed by atoms with Gasteiger partial charge in [0.25, 0.3) is 0 Å². The number of hydrogen-bond acceptors (Lipinski definition) is 11. The molecule has 4 N–H and O–H groups in total. The van der Waals surface area contributed by atoms with Gasteiger partial charge in [-0.2, -0.15) is 0 Å². The number of carbonyl (C=O) groups is 7. The smallest absolute Gasteiger partial charge is 0.328 e. The average molecular weight is 1220 g/mol. The summed E-state index contributed by atoms with van der Waals surface area (Å²) in [5.74, 6) is -0.796. The molecule has 5 aliphatic rings. The Bertz CT molecular complexity index is 2430. The van der Waals surface area contributed by atoms with Gasteiger partial charge in [0.2, 0.25) is 29.5 Å². The van der Waals surface area contributed by atoms with E-state index in [4.69, 9.17) is 21.4 Å². The molecule has 5 amide bonds. The second-order valence-electron chi connectivity index (χ2n) is 27.1. The molecule has 86 heavy (non-hydrogen) atoms. The van der Waals surface area contributed by atoms with Gasteiger partial charge < -0.3 is 45.4 Å². The van der Waals surface area contributed by atoms with E-state index in [0.29, 0.717) is 31.6 Å². The topological polar surface area (TPSA) is 201 Å². The van der Waals surface area contributed by atoms with Gasteiger partial charge >= 0.3 is 11.9 Å². The maximum Gasteiger partial charge on any atom is 0.328 e. The number of aryl methyl sites for hydroxylation is 1. The summed E-state index contributed by atoms with van der Waals surface area (Å²) in [6, 6.07) is 17.2. The van der Waals surface area contributed by atoms with E-state index in [-0.39, 0.29) is 72.0 Å². The average Bonchev–Trinajstić information content (AvgIpc) is 1.96. The molecular formula is C68H109ClN8O9. The van der Waals surface area contributed by atoms with Crippen LogP contribution in [0.4, 0.5) is 0 Å². The molecular weight excluding hydrogens is 1110 g/mol. The van der Waals surface area contributed by atoms with Crippen LogP contribution in [0.2, 0.25) is 5.02 Å². The number of carbonyl (C=O) groups excluding carboxylic acids is 6. The van der Waals surface area contributed by atoms with Crippen LogP contribution in [-0.2, 0) is 51.1 Å². The zero-order valence-electron chi connectivity index (χ0n) is 54.3. The third-order valence-electron chi connectivity index (χ3n) is 18.8. The van der Waals surface area contributed by atoms with E-state index in [2.05, 4.69) is 109 Å². The number of hydrogen-bond donors (Lipinski definition) is 4. The first-order valence-corrected chi connectivity index (χ1v) is 32.9. The molecule has 2 saturated heterocycles. The first-order chi connectivity index (χ1) is 40.7. The largest absolute Gasteiger partial charge is 0.481 e. The van der Waals surface area contributed by atoms with Crippen LogP contribution in [-0.4, -0.2) is 179 Å². The fraction of sp³-hybridized carbons (Fsp3) is 0.721. The molecule has 2 aliphatic heterocycles. The van der Waals surface area contributed by atoms with Gasteiger partial charge in [-0.1, -0.05) is 86.2 Å². The van der Waals surface area contributed by atoms with Gasteiger partial charge in [0, 0.05) is 112 Å². The van der Waals surface area contributed by atoms with E-state index in [0.717, 1.165) is 127 Å². The molecule has 3 saturated carbocycles. The van der Waals surface area contributed by atoms with Gasteiger partial charge in [-0.15, -0.1) is 0 Å². The van der Waals surface area contributed by atoms with Crippen molar-refractivity contribution in [1.82, 2.24) is 40.4 Å². The summed E-state index contributed by atoms with van der Waals surface area (Å²) in [5.41, 5.74) is 3.49. The molecule has 7 rings (SSSR count). The van der Waals surface area contributed by atoms with Crippen molar-refractivity contribution in [1.29, 1.82) is 0 Å². The number of carboxylic acids is 1. The minimum atomic E-state index is -0.819. The first-order valence-electron chi connectivity index (χ1n) is 32.5. The molecule has 0 spiro atoms. The Morgan fingerprint density at radius 2 is 1.05 bits per heavy atom. The predicted octanol–water partition coefficient (Wildman–Crippen LogP) is 9.91. The van der Waals surface area contributed by atoms with E-state index in [1.807, 2.05) is 21.9 Å². The third kappa shape index (κ3) is 24.8. The second kappa shape index (κ2) is 35.2. The summed E-state index contributed by atoms with van der Waals surface area (Å²) in [7, 11) is 8.59. The Kier molecular flexibility index (Phi) is 29.3. The molecule has 2 aromatic carbocycles. The number of amides is 5. The number of esters is 1. The molecule has 0 radical (unpaired) electrons. The van der Waals surface area contributed by atoms with Crippen molar-refractivity contribution in [2.45, 2.75) is 243 Å². The van der Waals surface area contributed by atoms with E-state index >= 15 is 0 Å². The highest BCUT2D eigenvalue weighted by atomic mass is 35.5. The number of likely N-dealkylation sites (tertiary alicyclic amines) is 1. The van der Waals surface area contributed by atoms with Gasteiger partial charge in [0.05, 0.1) is 0 Å². The number of aliphatic carboxylic acids is 1. The summed E-state index contributed by atoms with van der Waals surface area (Å²) < 4.78 is 5.27. The molecule has 2 aromatic rings. The van der Waals surface area contributed by atoms with E-state index in [1.54, 1.807) is 27.7 Å². The number of nitrogens with zero attached hydrogens (tertiary/aromatic N) is 5. The number of carboxylic acid groups (broad SMARTS) is 1. The fourth-order valence-electron chi connectivity index (χ4n) is 13.0. The number of likely N-dealkylation sites (N-methyl/N-ethyl adjacent to an activating group) is 2. The van der Waals surface area contributed by atoms with E-state index < -0.39 is 23.6 Å². The number of halogens is 1. The van der Waals surface area contributed by atoms with E-state index in [1.165, 1.54) is 55.2 Å². The summed E-state index contributed by atoms with van der Waals surface area (Å²) in [6.07, 6.45) is 21.7. The van der Waals surface area contributed by atoms with Crippen molar-refractivity contribution in [2.24, 2.45) is 5.92 Å². The number of rotatable bonds is 21. The minimum Gasteiger partial charge on any atom is -0.481 e. The number of piperazine rings is 1. The maximum atomic E-state index is 12.5. The zero-order chi connectivity index (χ0) is 63.0. The quantitative estimate of drug-likeness (QED) is 0.0682. The zero-order valence-corrected chi connectivity index (χ0v) is 55.0. The van der Waals surface area contributed by atoms with Crippen LogP contribution >= 0.6 is 11.6 Å². The first kappa shape index (κ1) is 71.7. The molecule has 1 atom stereocenters. The lowest BCUT2D eigenvalue weighted by Crippen LogP contribution is -2.52. The predicted molar refractivity (Wildman–Crippen MR) is 342 cm³/mol. The normalized spacial score (nSPS) is 22.9. The van der Waals surface area contributed by atoms with Gasteiger partial charge in [-0.05, 0) is 188 Å². The molecule has 17 nitrogen and oxygen atoms in total. The Hall–Kier alpha value is -5.10.